The number of carbonyl (C=O) groups is 3. The van der Waals surface area contributed by atoms with Crippen molar-refractivity contribution in [2.24, 2.45) is 17.4 Å². The van der Waals surface area contributed by atoms with Crippen molar-refractivity contribution in [2.75, 3.05) is 39.9 Å². The number of likely N-dealkylation sites (N-methyl/N-ethyl adjacent to an activating group) is 1. The van der Waals surface area contributed by atoms with Crippen LogP contribution < -0.4 is 27.4 Å². The first-order valence-electron chi connectivity index (χ1n) is 18.5. The molecule has 2 fully saturated rings. The average molecular weight is 793 g/mol. The molecule has 318 valence electrons. The predicted molar refractivity (Wildman–Crippen MR) is 195 cm³/mol. The van der Waals surface area contributed by atoms with Crippen molar-refractivity contribution < 1.29 is 68.7 Å². The van der Waals surface area contributed by atoms with Crippen molar-refractivity contribution in [3.8, 4) is 0 Å². The topological polar surface area (TPSA) is 310 Å². The van der Waals surface area contributed by atoms with Crippen molar-refractivity contribution >= 4 is 18.1 Å². The highest BCUT2D eigenvalue weighted by Gasteiger charge is 2.55. The summed E-state index contributed by atoms with van der Waals surface area (Å²) in [6.07, 6.45) is -9.56. The summed E-state index contributed by atoms with van der Waals surface area (Å²) < 4.78 is 28.9. The molecule has 20 nitrogen and oxygen atoms in total. The van der Waals surface area contributed by atoms with Gasteiger partial charge in [-0.1, -0.05) is 0 Å². The predicted octanol–water partition coefficient (Wildman–Crippen LogP) is -2.90. The lowest BCUT2D eigenvalue weighted by Gasteiger charge is -2.51. The van der Waals surface area contributed by atoms with Gasteiger partial charge in [-0.15, -0.1) is 0 Å². The minimum Gasteiger partial charge on any atom is -0.492 e. The van der Waals surface area contributed by atoms with E-state index in [4.69, 9.17) is 40.3 Å². The zero-order chi connectivity index (χ0) is 41.6. The van der Waals surface area contributed by atoms with Gasteiger partial charge in [0.05, 0.1) is 50.6 Å². The summed E-state index contributed by atoms with van der Waals surface area (Å²) in [5.41, 5.74) is 9.65. The SMILES string of the molecule is CN(C(=O)OC(C)(C)C)[C@@H]1[C@@H](O)[C@@H](O[C@H]2[C@H](NC(=O)[C@@H](O)CNC(=O)OC(C)(C)C)C[C@H](N)C([C@H]3OC(CNCC(O)CO)=CC[C@H]3N)[C@@H]2O)OC[C@]1(C)O. The maximum absolute atomic E-state index is 13.3. The maximum Gasteiger partial charge on any atom is 0.410 e. The molecular weight excluding hydrogens is 728 g/mol. The second kappa shape index (κ2) is 19.0. The van der Waals surface area contributed by atoms with Crippen LogP contribution in [0.15, 0.2) is 11.8 Å². The Hall–Kier alpha value is -2.89. The average Bonchev–Trinajstić information content (AvgIpc) is 3.05. The number of hydrogen-bond acceptors (Lipinski definition) is 17. The fourth-order valence-electron chi connectivity index (χ4n) is 6.85. The maximum atomic E-state index is 13.3. The molecule has 3 amide bonds. The number of ether oxygens (including phenoxy) is 5. The lowest BCUT2D eigenvalue weighted by atomic mass is 9.72. The van der Waals surface area contributed by atoms with Crippen LogP contribution in [0.3, 0.4) is 0 Å². The Balaban J connectivity index is 1.89. The van der Waals surface area contributed by atoms with E-state index in [1.54, 1.807) is 47.6 Å². The van der Waals surface area contributed by atoms with Crippen molar-refractivity contribution in [2.45, 2.75) is 145 Å². The first-order chi connectivity index (χ1) is 25.3. The molecule has 1 saturated heterocycles. The first kappa shape index (κ1) is 46.5. The molecule has 3 aliphatic rings. The van der Waals surface area contributed by atoms with Crippen LogP contribution in [0, 0.1) is 5.92 Å². The van der Waals surface area contributed by atoms with Gasteiger partial charge in [0.25, 0.3) is 5.91 Å². The monoisotopic (exact) mass is 792 g/mol. The Morgan fingerprint density at radius 2 is 1.67 bits per heavy atom. The standard InChI is InChI=1S/C35H64N6O14/c1-33(2,3)54-31(48)39-14-22(44)29(47)40-21-11-20(37)23(26-19(36)10-9-18(52-26)13-38-12-17(43)15-42)24(45)27(21)53-30-25(46)28(35(7,50)16-51-30)41(8)32(49)55-34(4,5)6/h9,17,19-28,30,38,42-46,50H,10-16,36-37H2,1-8H3,(H,39,48)(H,40,47)/t17?,19-,20+,21-,22+,23?,24+,25-,26+,27+,28-,30-,35+/m1/s1. The van der Waals surface area contributed by atoms with Crippen LogP contribution in [0.5, 0.6) is 0 Å². The minimum atomic E-state index is -1.79. The van der Waals surface area contributed by atoms with Crippen LogP contribution in [-0.2, 0) is 28.5 Å². The molecule has 13 N–H and O–H groups in total. The summed E-state index contributed by atoms with van der Waals surface area (Å²) in [5, 5.41) is 72.3. The Morgan fingerprint density at radius 1 is 1.04 bits per heavy atom. The normalized spacial score (nSPS) is 34.0. The summed E-state index contributed by atoms with van der Waals surface area (Å²) in [4.78, 5) is 39.5. The fraction of sp³-hybridized carbons (Fsp3) is 0.857. The molecule has 0 aromatic rings. The third kappa shape index (κ3) is 13.1. The number of nitrogens with one attached hydrogen (secondary N) is 3. The van der Waals surface area contributed by atoms with Crippen molar-refractivity contribution in [3.63, 3.8) is 0 Å². The first-order valence-corrected chi connectivity index (χ1v) is 18.5. The van der Waals surface area contributed by atoms with Gasteiger partial charge in [0.2, 0.25) is 0 Å². The highest BCUT2D eigenvalue weighted by atomic mass is 16.7. The number of nitrogens with two attached hydrogens (primary N) is 2. The molecule has 0 spiro atoms. The quantitative estimate of drug-likeness (QED) is 0.0891. The van der Waals surface area contributed by atoms with Crippen LogP contribution in [0.25, 0.3) is 0 Å². The number of carbonyl (C=O) groups excluding carboxylic acids is 3. The van der Waals surface area contributed by atoms with E-state index in [0.717, 1.165) is 4.90 Å². The van der Waals surface area contributed by atoms with Crippen molar-refractivity contribution in [1.82, 2.24) is 20.9 Å². The van der Waals surface area contributed by atoms with Gasteiger partial charge < -0.3 is 86.6 Å². The van der Waals surface area contributed by atoms with Gasteiger partial charge in [-0.25, -0.2) is 9.59 Å². The molecule has 0 aromatic heterocycles. The number of alkyl carbamates (subject to hydrolysis) is 1. The second-order valence-corrected chi connectivity index (χ2v) is 16.8. The number of rotatable bonds is 13. The molecule has 2 heterocycles. The molecule has 1 aliphatic carbocycles. The number of hydrogen-bond donors (Lipinski definition) is 11. The zero-order valence-electron chi connectivity index (χ0n) is 33.0. The van der Waals surface area contributed by atoms with E-state index in [9.17, 15) is 39.9 Å². The van der Waals surface area contributed by atoms with Gasteiger partial charge in [-0.2, -0.15) is 0 Å². The van der Waals surface area contributed by atoms with Crippen molar-refractivity contribution in [1.29, 1.82) is 0 Å². The lowest BCUT2D eigenvalue weighted by Crippen LogP contribution is -2.70. The lowest BCUT2D eigenvalue weighted by molar-refractivity contribution is -0.305. The van der Waals surface area contributed by atoms with E-state index in [1.807, 2.05) is 0 Å². The van der Waals surface area contributed by atoms with Crippen LogP contribution >= 0.6 is 0 Å². The molecule has 3 rings (SSSR count). The van der Waals surface area contributed by atoms with Crippen LogP contribution in [0.2, 0.25) is 0 Å². The van der Waals surface area contributed by atoms with Crippen molar-refractivity contribution in [3.05, 3.63) is 11.8 Å². The molecule has 0 radical (unpaired) electrons. The molecule has 20 heteroatoms. The van der Waals surface area contributed by atoms with E-state index < -0.39 is 128 Å². The van der Waals surface area contributed by atoms with Gasteiger partial charge in [-0.3, -0.25) is 4.79 Å². The third-order valence-corrected chi connectivity index (χ3v) is 9.38. The van der Waals surface area contributed by atoms with Crippen LogP contribution in [0.1, 0.15) is 61.3 Å². The summed E-state index contributed by atoms with van der Waals surface area (Å²) in [6.45, 7) is 10.2. The van der Waals surface area contributed by atoms with E-state index in [-0.39, 0.29) is 19.5 Å². The highest BCUT2D eigenvalue weighted by molar-refractivity contribution is 5.81. The van der Waals surface area contributed by atoms with Crippen LogP contribution in [-0.4, -0.2) is 177 Å². The number of amides is 3. The van der Waals surface area contributed by atoms with E-state index in [1.165, 1.54) is 14.0 Å². The van der Waals surface area contributed by atoms with E-state index in [2.05, 4.69) is 16.0 Å². The number of aliphatic hydroxyl groups is 6. The van der Waals surface area contributed by atoms with Gasteiger partial charge in [-0.05, 0) is 67.4 Å². The Morgan fingerprint density at radius 3 is 2.27 bits per heavy atom. The third-order valence-electron chi connectivity index (χ3n) is 9.38. The summed E-state index contributed by atoms with van der Waals surface area (Å²) in [7, 11) is 1.34. The number of aliphatic hydroxyl groups excluding tert-OH is 5. The molecule has 2 aliphatic heterocycles. The molecule has 0 aromatic carbocycles. The smallest absolute Gasteiger partial charge is 0.410 e. The number of nitrogens with zero attached hydrogens (tertiary/aromatic N) is 1. The molecular formula is C35H64N6O14. The summed E-state index contributed by atoms with van der Waals surface area (Å²) in [6, 6.07) is -3.97. The van der Waals surface area contributed by atoms with Gasteiger partial charge in [0.1, 0.15) is 47.0 Å². The zero-order valence-corrected chi connectivity index (χ0v) is 33.0. The summed E-state index contributed by atoms with van der Waals surface area (Å²) in [5.74, 6) is -1.43. The Kier molecular flexibility index (Phi) is 16.1. The summed E-state index contributed by atoms with van der Waals surface area (Å²) >= 11 is 0. The largest absolute Gasteiger partial charge is 0.492 e. The van der Waals surface area contributed by atoms with Gasteiger partial charge in [0.15, 0.2) is 6.29 Å². The highest BCUT2D eigenvalue weighted by Crippen LogP contribution is 2.37. The van der Waals surface area contributed by atoms with E-state index >= 15 is 0 Å². The molecule has 0 bridgehead atoms. The minimum absolute atomic E-state index is 0.0569. The van der Waals surface area contributed by atoms with Crippen LogP contribution in [0.4, 0.5) is 9.59 Å². The molecule has 1 saturated carbocycles. The second-order valence-electron chi connectivity index (χ2n) is 16.8. The van der Waals surface area contributed by atoms with Gasteiger partial charge >= 0.3 is 12.2 Å². The molecule has 55 heavy (non-hydrogen) atoms. The Bertz CT molecular complexity index is 1330. The Labute approximate surface area is 321 Å². The van der Waals surface area contributed by atoms with Gasteiger partial charge in [0, 0.05) is 31.6 Å². The van der Waals surface area contributed by atoms with E-state index in [0.29, 0.717) is 12.2 Å². The molecule has 13 atom stereocenters. The molecule has 2 unspecified atom stereocenters. The fourth-order valence-corrected chi connectivity index (χ4v) is 6.85.